The maximum Gasteiger partial charge on any atom is 0.419 e. The number of hydrogen-bond acceptors (Lipinski definition) is 5. The Morgan fingerprint density at radius 1 is 1.19 bits per heavy atom. The molecule has 6 heteroatoms. The fourth-order valence-electron chi connectivity index (χ4n) is 3.94. The lowest BCUT2D eigenvalue weighted by Crippen LogP contribution is -2.31. The van der Waals surface area contributed by atoms with Crippen LogP contribution >= 0.6 is 0 Å². The minimum absolute atomic E-state index is 0.216. The van der Waals surface area contributed by atoms with Crippen molar-refractivity contribution in [1.82, 2.24) is 9.47 Å². The highest BCUT2D eigenvalue weighted by Gasteiger charge is 2.26. The molecule has 2 aromatic rings. The number of aromatic nitrogens is 1. The minimum Gasteiger partial charge on any atom is -0.454 e. The molecular weight excluding hydrogens is 344 g/mol. The summed E-state index contributed by atoms with van der Waals surface area (Å²) in [5.74, 6) is 1.41. The molecule has 1 unspecified atom stereocenters. The molecule has 3 heterocycles. The number of hydrogen-bond donors (Lipinski definition) is 0. The Balaban J connectivity index is 1.72. The van der Waals surface area contributed by atoms with E-state index in [0.717, 1.165) is 41.7 Å². The average Bonchev–Trinajstić information content (AvgIpc) is 3.31. The van der Waals surface area contributed by atoms with Gasteiger partial charge < -0.3 is 19.1 Å². The quantitative estimate of drug-likeness (QED) is 0.809. The molecule has 0 N–H and O–H groups in total. The number of nitrogens with zero attached hydrogens (tertiary/aromatic N) is 2. The lowest BCUT2D eigenvalue weighted by molar-refractivity contribution is 0.0544. The summed E-state index contributed by atoms with van der Waals surface area (Å²) in [6.45, 7) is 10.4. The SMILES string of the molecule is CC(Cc1cn(C(=O)OC(C)(C)C)c2cc3c(cc12)OCO3)N1CCCC1. The highest BCUT2D eigenvalue weighted by atomic mass is 16.7. The molecular formula is C21H28N2O4. The van der Waals surface area contributed by atoms with Gasteiger partial charge in [0, 0.05) is 23.7 Å². The lowest BCUT2D eigenvalue weighted by atomic mass is 10.0. The number of ether oxygens (including phenoxy) is 3. The zero-order chi connectivity index (χ0) is 19.2. The van der Waals surface area contributed by atoms with Gasteiger partial charge in [0.05, 0.1) is 5.52 Å². The zero-order valence-corrected chi connectivity index (χ0v) is 16.6. The molecule has 1 atom stereocenters. The molecule has 146 valence electrons. The molecule has 2 aliphatic heterocycles. The third-order valence-corrected chi connectivity index (χ3v) is 5.25. The van der Waals surface area contributed by atoms with E-state index in [0.29, 0.717) is 11.8 Å². The smallest absolute Gasteiger partial charge is 0.419 e. The second kappa shape index (κ2) is 6.75. The van der Waals surface area contributed by atoms with Crippen molar-refractivity contribution >= 4 is 17.0 Å². The Bertz CT molecular complexity index is 859. The Morgan fingerprint density at radius 2 is 1.85 bits per heavy atom. The maximum absolute atomic E-state index is 12.8. The molecule has 4 rings (SSSR count). The summed E-state index contributed by atoms with van der Waals surface area (Å²) >= 11 is 0. The number of likely N-dealkylation sites (tertiary alicyclic amines) is 1. The van der Waals surface area contributed by atoms with Crippen LogP contribution in [0.2, 0.25) is 0 Å². The van der Waals surface area contributed by atoms with E-state index in [1.165, 1.54) is 12.8 Å². The van der Waals surface area contributed by atoms with Crippen LogP contribution < -0.4 is 9.47 Å². The van der Waals surface area contributed by atoms with Crippen molar-refractivity contribution < 1.29 is 19.0 Å². The van der Waals surface area contributed by atoms with Gasteiger partial charge in [-0.1, -0.05) is 0 Å². The first kappa shape index (κ1) is 18.2. The fourth-order valence-corrected chi connectivity index (χ4v) is 3.94. The minimum atomic E-state index is -0.549. The Hall–Kier alpha value is -2.21. The first-order valence-electron chi connectivity index (χ1n) is 9.73. The molecule has 0 bridgehead atoms. The molecule has 0 radical (unpaired) electrons. The summed E-state index contributed by atoms with van der Waals surface area (Å²) in [7, 11) is 0. The number of carbonyl (C=O) groups is 1. The van der Waals surface area contributed by atoms with Crippen molar-refractivity contribution in [1.29, 1.82) is 0 Å². The van der Waals surface area contributed by atoms with Gasteiger partial charge in [-0.05, 0) is 71.7 Å². The largest absolute Gasteiger partial charge is 0.454 e. The van der Waals surface area contributed by atoms with E-state index in [4.69, 9.17) is 14.2 Å². The molecule has 1 fully saturated rings. The number of benzene rings is 1. The van der Waals surface area contributed by atoms with E-state index >= 15 is 0 Å². The van der Waals surface area contributed by atoms with Crippen LogP contribution in [-0.4, -0.2) is 47.1 Å². The third-order valence-electron chi connectivity index (χ3n) is 5.25. The van der Waals surface area contributed by atoms with Gasteiger partial charge in [-0.15, -0.1) is 0 Å². The fraction of sp³-hybridized carbons (Fsp3) is 0.571. The van der Waals surface area contributed by atoms with Crippen LogP contribution in [0.5, 0.6) is 11.5 Å². The zero-order valence-electron chi connectivity index (χ0n) is 16.6. The van der Waals surface area contributed by atoms with Gasteiger partial charge >= 0.3 is 6.09 Å². The molecule has 1 aromatic carbocycles. The highest BCUT2D eigenvalue weighted by molar-refractivity contribution is 5.94. The monoisotopic (exact) mass is 372 g/mol. The van der Waals surface area contributed by atoms with Crippen molar-refractivity contribution in [3.05, 3.63) is 23.9 Å². The topological polar surface area (TPSA) is 52.9 Å². The molecule has 0 aliphatic carbocycles. The second-order valence-corrected chi connectivity index (χ2v) is 8.52. The number of fused-ring (bicyclic) bond motifs is 2. The second-order valence-electron chi connectivity index (χ2n) is 8.52. The first-order valence-corrected chi connectivity index (χ1v) is 9.73. The molecule has 0 spiro atoms. The summed E-state index contributed by atoms with van der Waals surface area (Å²) in [6, 6.07) is 4.30. The lowest BCUT2D eigenvalue weighted by Gasteiger charge is -2.23. The van der Waals surface area contributed by atoms with Crippen molar-refractivity contribution in [2.75, 3.05) is 19.9 Å². The summed E-state index contributed by atoms with van der Waals surface area (Å²) < 4.78 is 18.3. The van der Waals surface area contributed by atoms with Gasteiger partial charge in [0.25, 0.3) is 0 Å². The van der Waals surface area contributed by atoms with E-state index < -0.39 is 5.60 Å². The normalized spacial score (nSPS) is 18.2. The molecule has 27 heavy (non-hydrogen) atoms. The van der Waals surface area contributed by atoms with Crippen molar-refractivity contribution in [3.8, 4) is 11.5 Å². The molecule has 2 aliphatic rings. The van der Waals surface area contributed by atoms with Gasteiger partial charge in [0.15, 0.2) is 11.5 Å². The van der Waals surface area contributed by atoms with Crippen molar-refractivity contribution in [3.63, 3.8) is 0 Å². The number of rotatable bonds is 3. The summed E-state index contributed by atoms with van der Waals surface area (Å²) in [5, 5.41) is 1.02. The molecule has 1 saturated heterocycles. The number of carbonyl (C=O) groups excluding carboxylic acids is 1. The van der Waals surface area contributed by atoms with Crippen LogP contribution in [0.1, 0.15) is 46.1 Å². The van der Waals surface area contributed by atoms with E-state index in [9.17, 15) is 4.79 Å². The van der Waals surface area contributed by atoms with Gasteiger partial charge in [-0.2, -0.15) is 0 Å². The molecule has 1 aromatic heterocycles. The van der Waals surface area contributed by atoms with Gasteiger partial charge in [0.1, 0.15) is 5.60 Å². The van der Waals surface area contributed by atoms with E-state index in [-0.39, 0.29) is 12.9 Å². The van der Waals surface area contributed by atoms with E-state index in [1.54, 1.807) is 4.57 Å². The molecule has 0 amide bonds. The average molecular weight is 372 g/mol. The molecule has 6 nitrogen and oxygen atoms in total. The standard InChI is InChI=1S/C21H28N2O4/c1-14(22-7-5-6-8-22)9-15-12-23(20(24)27-21(2,3)4)17-11-19-18(10-16(15)17)25-13-26-19/h10-12,14H,5-9,13H2,1-4H3. The van der Waals surface area contributed by atoms with E-state index in [1.807, 2.05) is 39.1 Å². The van der Waals surface area contributed by atoms with Gasteiger partial charge in [-0.25, -0.2) is 4.79 Å². The Morgan fingerprint density at radius 3 is 2.52 bits per heavy atom. The van der Waals surface area contributed by atoms with Gasteiger partial charge in [-0.3, -0.25) is 4.57 Å². The summed E-state index contributed by atoms with van der Waals surface area (Å²) in [6.07, 6.45) is 4.96. The van der Waals surface area contributed by atoms with E-state index in [2.05, 4.69) is 11.8 Å². The van der Waals surface area contributed by atoms with Crippen molar-refractivity contribution in [2.24, 2.45) is 0 Å². The van der Waals surface area contributed by atoms with Crippen LogP contribution in [0.25, 0.3) is 10.9 Å². The third kappa shape index (κ3) is 3.63. The van der Waals surface area contributed by atoms with Crippen LogP contribution in [0.4, 0.5) is 4.79 Å². The Kier molecular flexibility index (Phi) is 4.54. The summed E-state index contributed by atoms with van der Waals surface area (Å²) in [5.41, 5.74) is 1.39. The van der Waals surface area contributed by atoms with Crippen LogP contribution in [-0.2, 0) is 11.2 Å². The predicted octanol–water partition coefficient (Wildman–Crippen LogP) is 4.18. The predicted molar refractivity (Wildman–Crippen MR) is 104 cm³/mol. The van der Waals surface area contributed by atoms with Crippen LogP contribution in [0.15, 0.2) is 18.3 Å². The van der Waals surface area contributed by atoms with Crippen LogP contribution in [0.3, 0.4) is 0 Å². The first-order chi connectivity index (χ1) is 12.8. The van der Waals surface area contributed by atoms with Crippen LogP contribution in [0, 0.1) is 0 Å². The molecule has 0 saturated carbocycles. The summed E-state index contributed by atoms with van der Waals surface area (Å²) in [4.78, 5) is 15.3. The highest BCUT2D eigenvalue weighted by Crippen LogP contribution is 2.38. The van der Waals surface area contributed by atoms with Crippen molar-refractivity contribution in [2.45, 2.75) is 58.6 Å². The van der Waals surface area contributed by atoms with Gasteiger partial charge in [0.2, 0.25) is 6.79 Å². The maximum atomic E-state index is 12.8. The Labute approximate surface area is 160 Å².